The van der Waals surface area contributed by atoms with E-state index in [9.17, 15) is 5.11 Å². The molecule has 0 aromatic heterocycles. The first-order valence-electron chi connectivity index (χ1n) is 8.88. The van der Waals surface area contributed by atoms with Crippen molar-refractivity contribution in [1.29, 1.82) is 5.26 Å². The molecule has 3 rings (SSSR count). The third kappa shape index (κ3) is 5.30. The lowest BCUT2D eigenvalue weighted by Crippen LogP contribution is -2.44. The number of aliphatic hydroxyl groups is 1. The lowest BCUT2D eigenvalue weighted by Gasteiger charge is -2.32. The van der Waals surface area contributed by atoms with Crippen LogP contribution in [0.5, 0.6) is 5.75 Å². The summed E-state index contributed by atoms with van der Waals surface area (Å²) in [5.41, 5.74) is 2.03. The highest BCUT2D eigenvalue weighted by Gasteiger charge is 2.28. The van der Waals surface area contributed by atoms with E-state index in [1.54, 1.807) is 6.07 Å². The Morgan fingerprint density at radius 1 is 1.12 bits per heavy atom. The van der Waals surface area contributed by atoms with Crippen molar-refractivity contribution in [3.63, 3.8) is 0 Å². The molecule has 0 spiro atoms. The van der Waals surface area contributed by atoms with E-state index in [1.165, 1.54) is 0 Å². The minimum atomic E-state index is -0.669. The van der Waals surface area contributed by atoms with E-state index in [0.717, 1.165) is 16.9 Å². The highest BCUT2D eigenvalue weighted by Crippen LogP contribution is 2.20. The third-order valence-electron chi connectivity index (χ3n) is 4.57. The number of hydrogen-bond acceptors (Lipinski definition) is 5. The molecule has 5 heteroatoms. The predicted octanol–water partition coefficient (Wildman–Crippen LogP) is 2.77. The number of benzene rings is 2. The van der Waals surface area contributed by atoms with Crippen LogP contribution in [0.1, 0.15) is 29.5 Å². The zero-order chi connectivity index (χ0) is 18.2. The van der Waals surface area contributed by atoms with Gasteiger partial charge in [0.25, 0.3) is 0 Å². The molecule has 0 radical (unpaired) electrons. The summed E-state index contributed by atoms with van der Waals surface area (Å²) < 4.78 is 11.1. The average Bonchev–Trinajstić information content (AvgIpc) is 2.67. The summed E-state index contributed by atoms with van der Waals surface area (Å²) in [7, 11) is 0. The van der Waals surface area contributed by atoms with Crippen LogP contribution < -0.4 is 10.1 Å². The Bertz CT molecular complexity index is 764. The molecule has 1 aliphatic rings. The van der Waals surface area contributed by atoms with Gasteiger partial charge in [-0.25, -0.2) is 0 Å². The standard InChI is InChI=1S/C21H24N2O3/c22-13-17-3-1-5-19(11-17)15-26-20-6-2-4-18(12-20)14-23-16-21(24)7-9-25-10-8-21/h1-6,11-12,23-24H,7-10,14-16H2. The van der Waals surface area contributed by atoms with Gasteiger partial charge in [-0.2, -0.15) is 5.26 Å². The maximum atomic E-state index is 10.5. The number of nitriles is 1. The van der Waals surface area contributed by atoms with Gasteiger partial charge in [-0.05, 0) is 35.4 Å². The largest absolute Gasteiger partial charge is 0.489 e. The molecule has 1 aliphatic heterocycles. The first kappa shape index (κ1) is 18.4. The number of ether oxygens (including phenoxy) is 2. The molecule has 2 aromatic rings. The maximum Gasteiger partial charge on any atom is 0.120 e. The van der Waals surface area contributed by atoms with Gasteiger partial charge < -0.3 is 19.9 Å². The number of nitrogens with zero attached hydrogens (tertiary/aromatic N) is 1. The van der Waals surface area contributed by atoms with Gasteiger partial charge >= 0.3 is 0 Å². The van der Waals surface area contributed by atoms with E-state index in [1.807, 2.05) is 42.5 Å². The normalized spacial score (nSPS) is 16.0. The van der Waals surface area contributed by atoms with E-state index in [0.29, 0.717) is 51.3 Å². The van der Waals surface area contributed by atoms with Crippen molar-refractivity contribution in [3.8, 4) is 11.8 Å². The molecule has 136 valence electrons. The van der Waals surface area contributed by atoms with Crippen LogP contribution in [-0.2, 0) is 17.9 Å². The number of rotatable bonds is 7. The van der Waals surface area contributed by atoms with E-state index < -0.39 is 5.60 Å². The molecule has 0 saturated carbocycles. The topological polar surface area (TPSA) is 74.5 Å². The minimum Gasteiger partial charge on any atom is -0.489 e. The van der Waals surface area contributed by atoms with Crippen LogP contribution in [-0.4, -0.2) is 30.5 Å². The third-order valence-corrected chi connectivity index (χ3v) is 4.57. The molecule has 0 atom stereocenters. The van der Waals surface area contributed by atoms with Crippen molar-refractivity contribution in [2.75, 3.05) is 19.8 Å². The van der Waals surface area contributed by atoms with E-state index in [2.05, 4.69) is 11.4 Å². The van der Waals surface area contributed by atoms with Crippen molar-refractivity contribution in [1.82, 2.24) is 5.32 Å². The monoisotopic (exact) mass is 352 g/mol. The summed E-state index contributed by atoms with van der Waals surface area (Å²) in [4.78, 5) is 0. The molecule has 2 N–H and O–H groups in total. The summed E-state index contributed by atoms with van der Waals surface area (Å²) in [5, 5.41) is 22.8. The Labute approximate surface area is 154 Å². The van der Waals surface area contributed by atoms with Gasteiger partial charge in [0.05, 0.1) is 17.2 Å². The van der Waals surface area contributed by atoms with E-state index >= 15 is 0 Å². The van der Waals surface area contributed by atoms with Crippen LogP contribution in [0.15, 0.2) is 48.5 Å². The molecule has 0 unspecified atom stereocenters. The lowest BCUT2D eigenvalue weighted by molar-refractivity contribution is -0.0617. The number of hydrogen-bond donors (Lipinski definition) is 2. The Morgan fingerprint density at radius 2 is 1.88 bits per heavy atom. The fourth-order valence-electron chi connectivity index (χ4n) is 3.01. The molecule has 1 heterocycles. The summed E-state index contributed by atoms with van der Waals surface area (Å²) in [6.45, 7) is 2.89. The highest BCUT2D eigenvalue weighted by molar-refractivity contribution is 5.33. The van der Waals surface area contributed by atoms with Gasteiger partial charge in [0, 0.05) is 39.1 Å². The molecule has 2 aromatic carbocycles. The van der Waals surface area contributed by atoms with Gasteiger partial charge in [-0.1, -0.05) is 24.3 Å². The summed E-state index contributed by atoms with van der Waals surface area (Å²) >= 11 is 0. The maximum absolute atomic E-state index is 10.5. The van der Waals surface area contributed by atoms with Gasteiger partial charge in [0.15, 0.2) is 0 Å². The quantitative estimate of drug-likeness (QED) is 0.801. The lowest BCUT2D eigenvalue weighted by atomic mass is 9.94. The van der Waals surface area contributed by atoms with Crippen LogP contribution in [0.4, 0.5) is 0 Å². The fraction of sp³-hybridized carbons (Fsp3) is 0.381. The number of nitrogens with one attached hydrogen (secondary N) is 1. The zero-order valence-corrected chi connectivity index (χ0v) is 14.8. The smallest absolute Gasteiger partial charge is 0.120 e. The molecule has 5 nitrogen and oxygen atoms in total. The second-order valence-corrected chi connectivity index (χ2v) is 6.69. The molecular formula is C21H24N2O3. The molecular weight excluding hydrogens is 328 g/mol. The van der Waals surface area contributed by atoms with Crippen molar-refractivity contribution >= 4 is 0 Å². The van der Waals surface area contributed by atoms with Crippen molar-refractivity contribution in [2.45, 2.75) is 31.6 Å². The predicted molar refractivity (Wildman–Crippen MR) is 98.6 cm³/mol. The van der Waals surface area contributed by atoms with Gasteiger partial charge in [0.1, 0.15) is 12.4 Å². The summed E-state index contributed by atoms with van der Waals surface area (Å²) in [6.07, 6.45) is 1.34. The summed E-state index contributed by atoms with van der Waals surface area (Å²) in [5.74, 6) is 0.788. The Kier molecular flexibility index (Phi) is 6.24. The first-order chi connectivity index (χ1) is 12.7. The second-order valence-electron chi connectivity index (χ2n) is 6.69. The van der Waals surface area contributed by atoms with Gasteiger partial charge in [0.2, 0.25) is 0 Å². The van der Waals surface area contributed by atoms with Crippen molar-refractivity contribution in [3.05, 3.63) is 65.2 Å². The zero-order valence-electron chi connectivity index (χ0n) is 14.8. The Morgan fingerprint density at radius 3 is 2.69 bits per heavy atom. The molecule has 0 bridgehead atoms. The van der Waals surface area contributed by atoms with Crippen LogP contribution in [0.3, 0.4) is 0 Å². The molecule has 1 saturated heterocycles. The van der Waals surface area contributed by atoms with Crippen molar-refractivity contribution < 1.29 is 14.6 Å². The molecule has 0 aliphatic carbocycles. The van der Waals surface area contributed by atoms with Crippen LogP contribution in [0, 0.1) is 11.3 Å². The van der Waals surface area contributed by atoms with E-state index in [4.69, 9.17) is 14.7 Å². The van der Waals surface area contributed by atoms with E-state index in [-0.39, 0.29) is 0 Å². The van der Waals surface area contributed by atoms with Crippen LogP contribution >= 0.6 is 0 Å². The molecule has 0 amide bonds. The molecule has 1 fully saturated rings. The minimum absolute atomic E-state index is 0.423. The fourth-order valence-corrected chi connectivity index (χ4v) is 3.01. The Balaban J connectivity index is 1.50. The van der Waals surface area contributed by atoms with Gasteiger partial charge in [-0.15, -0.1) is 0 Å². The van der Waals surface area contributed by atoms with Crippen LogP contribution in [0.25, 0.3) is 0 Å². The first-order valence-corrected chi connectivity index (χ1v) is 8.88. The average molecular weight is 352 g/mol. The van der Waals surface area contributed by atoms with Gasteiger partial charge in [-0.3, -0.25) is 0 Å². The second kappa shape index (κ2) is 8.81. The SMILES string of the molecule is N#Cc1cccc(COc2cccc(CNCC3(O)CCOCC3)c2)c1. The molecule has 26 heavy (non-hydrogen) atoms. The Hall–Kier alpha value is -2.39. The van der Waals surface area contributed by atoms with Crippen molar-refractivity contribution in [2.24, 2.45) is 0 Å². The van der Waals surface area contributed by atoms with Crippen LogP contribution in [0.2, 0.25) is 0 Å². The summed E-state index contributed by atoms with van der Waals surface area (Å²) in [6, 6.07) is 17.5. The highest BCUT2D eigenvalue weighted by atomic mass is 16.5.